The molecule has 1 aliphatic heterocycles. The molecule has 2 rings (SSSR count). The summed E-state index contributed by atoms with van der Waals surface area (Å²) in [4.78, 5) is 24.2. The highest BCUT2D eigenvalue weighted by atomic mass is 16.2. The second-order valence-corrected chi connectivity index (χ2v) is 5.41. The molecule has 0 spiro atoms. The minimum atomic E-state index is -1.00. The molecule has 4 heteroatoms. The molecule has 0 aromatic rings. The molecule has 0 radical (unpaired) electrons. The molecule has 19 heavy (non-hydrogen) atoms. The van der Waals surface area contributed by atoms with E-state index in [2.05, 4.69) is 23.8 Å². The number of hydrogen-bond donors (Lipinski definition) is 2. The van der Waals surface area contributed by atoms with Crippen molar-refractivity contribution in [1.82, 2.24) is 10.6 Å². The van der Waals surface area contributed by atoms with Crippen LogP contribution in [0.15, 0.2) is 37.0 Å². The average molecular weight is 260 g/mol. The van der Waals surface area contributed by atoms with Crippen molar-refractivity contribution in [3.05, 3.63) is 37.0 Å². The summed E-state index contributed by atoms with van der Waals surface area (Å²) in [5.41, 5.74) is -0.280. The molecule has 2 N–H and O–H groups in total. The normalized spacial score (nSPS) is 30.1. The first-order chi connectivity index (χ1) is 9.00. The highest BCUT2D eigenvalue weighted by molar-refractivity contribution is 5.97. The molecule has 102 valence electrons. The Morgan fingerprint density at radius 3 is 2.79 bits per heavy atom. The molecule has 1 heterocycles. The van der Waals surface area contributed by atoms with Gasteiger partial charge in [0.05, 0.1) is 5.92 Å². The summed E-state index contributed by atoms with van der Waals surface area (Å²) in [6, 6.07) is 0. The molecule has 0 saturated heterocycles. The number of carbonyl (C=O) groups is 2. The first kappa shape index (κ1) is 13.6. The molecule has 2 unspecified atom stereocenters. The van der Waals surface area contributed by atoms with Gasteiger partial charge in [0.15, 0.2) is 0 Å². The van der Waals surface area contributed by atoms with Gasteiger partial charge in [-0.2, -0.15) is 0 Å². The van der Waals surface area contributed by atoms with Gasteiger partial charge < -0.3 is 10.6 Å². The summed E-state index contributed by atoms with van der Waals surface area (Å²) in [5.74, 6) is -0.205. The van der Waals surface area contributed by atoms with E-state index in [0.29, 0.717) is 12.5 Å². The Balaban J connectivity index is 2.16. The fraction of sp³-hybridized carbons (Fsp3) is 0.467. The zero-order chi connectivity index (χ0) is 14.0. The zero-order valence-corrected chi connectivity index (χ0v) is 11.2. The van der Waals surface area contributed by atoms with E-state index >= 15 is 0 Å². The number of carbonyl (C=O) groups excluding carboxylic acids is 2. The Kier molecular flexibility index (Phi) is 3.60. The van der Waals surface area contributed by atoms with Crippen molar-refractivity contribution in [3.8, 4) is 0 Å². The Hall–Kier alpha value is -1.84. The van der Waals surface area contributed by atoms with Crippen LogP contribution in [0.25, 0.3) is 0 Å². The molecule has 2 atom stereocenters. The Labute approximate surface area is 113 Å². The van der Waals surface area contributed by atoms with Crippen LogP contribution in [0.3, 0.4) is 0 Å². The maximum atomic E-state index is 12.2. The van der Waals surface area contributed by atoms with E-state index < -0.39 is 11.5 Å². The third kappa shape index (κ3) is 2.78. The van der Waals surface area contributed by atoms with Crippen LogP contribution in [0.4, 0.5) is 0 Å². The standard InChI is InChI=1S/C15H20N2O2/c1-4-11-8-15(3,17-13(18)12(11)5-2)14(19)16-9-10-6-7-10/h4-5,8,10,12H,1-2,6-7,9H2,3H3,(H,16,19)(H,17,18). The van der Waals surface area contributed by atoms with Gasteiger partial charge >= 0.3 is 0 Å². The van der Waals surface area contributed by atoms with Crippen LogP contribution in [0.5, 0.6) is 0 Å². The fourth-order valence-electron chi connectivity index (χ4n) is 2.24. The van der Waals surface area contributed by atoms with Crippen LogP contribution in [0.1, 0.15) is 19.8 Å². The second-order valence-electron chi connectivity index (χ2n) is 5.41. The highest BCUT2D eigenvalue weighted by Crippen LogP contribution is 2.28. The summed E-state index contributed by atoms with van der Waals surface area (Å²) in [6.45, 7) is 9.73. The minimum Gasteiger partial charge on any atom is -0.354 e. The molecule has 2 amide bonds. The maximum Gasteiger partial charge on any atom is 0.249 e. The van der Waals surface area contributed by atoms with Crippen molar-refractivity contribution in [2.75, 3.05) is 6.54 Å². The number of amides is 2. The predicted molar refractivity (Wildman–Crippen MR) is 74.2 cm³/mol. The van der Waals surface area contributed by atoms with Gasteiger partial charge in [-0.15, -0.1) is 6.58 Å². The largest absolute Gasteiger partial charge is 0.354 e. The van der Waals surface area contributed by atoms with Gasteiger partial charge in [-0.05, 0) is 37.3 Å². The molecular formula is C15H20N2O2. The van der Waals surface area contributed by atoms with E-state index in [1.807, 2.05) is 0 Å². The van der Waals surface area contributed by atoms with E-state index in [4.69, 9.17) is 0 Å². The second kappa shape index (κ2) is 5.03. The van der Waals surface area contributed by atoms with Crippen molar-refractivity contribution in [1.29, 1.82) is 0 Å². The summed E-state index contributed by atoms with van der Waals surface area (Å²) >= 11 is 0. The lowest BCUT2D eigenvalue weighted by Crippen LogP contribution is -2.59. The Morgan fingerprint density at radius 2 is 2.26 bits per heavy atom. The lowest BCUT2D eigenvalue weighted by atomic mass is 9.85. The summed E-state index contributed by atoms with van der Waals surface area (Å²) in [6.07, 6.45) is 7.28. The van der Waals surface area contributed by atoms with Crippen LogP contribution in [-0.4, -0.2) is 23.9 Å². The SMILES string of the molecule is C=CC1=CC(C)(C(=O)NCC2CC2)NC(=O)C1C=C. The van der Waals surface area contributed by atoms with E-state index in [9.17, 15) is 9.59 Å². The van der Waals surface area contributed by atoms with Crippen molar-refractivity contribution < 1.29 is 9.59 Å². The van der Waals surface area contributed by atoms with Gasteiger partial charge in [0.2, 0.25) is 11.8 Å². The fourth-order valence-corrected chi connectivity index (χ4v) is 2.24. The van der Waals surface area contributed by atoms with Gasteiger partial charge in [-0.3, -0.25) is 9.59 Å². The maximum absolute atomic E-state index is 12.2. The van der Waals surface area contributed by atoms with Crippen LogP contribution < -0.4 is 10.6 Å². The van der Waals surface area contributed by atoms with Crippen molar-refractivity contribution >= 4 is 11.8 Å². The molecule has 0 aromatic heterocycles. The first-order valence-corrected chi connectivity index (χ1v) is 6.58. The summed E-state index contributed by atoms with van der Waals surface area (Å²) in [7, 11) is 0. The Morgan fingerprint density at radius 1 is 1.58 bits per heavy atom. The number of hydrogen-bond acceptors (Lipinski definition) is 2. The van der Waals surface area contributed by atoms with E-state index in [1.54, 1.807) is 25.2 Å². The Bertz CT molecular complexity index is 463. The van der Waals surface area contributed by atoms with E-state index in [1.165, 1.54) is 12.8 Å². The van der Waals surface area contributed by atoms with Crippen LogP contribution >= 0.6 is 0 Å². The molecule has 1 aliphatic carbocycles. The lowest BCUT2D eigenvalue weighted by molar-refractivity contribution is -0.132. The average Bonchev–Trinajstić information content (AvgIpc) is 3.19. The highest BCUT2D eigenvalue weighted by Gasteiger charge is 2.39. The third-order valence-corrected chi connectivity index (χ3v) is 3.67. The van der Waals surface area contributed by atoms with Gasteiger partial charge in [0.25, 0.3) is 0 Å². The van der Waals surface area contributed by atoms with Crippen molar-refractivity contribution in [2.24, 2.45) is 11.8 Å². The molecular weight excluding hydrogens is 240 g/mol. The van der Waals surface area contributed by atoms with Crippen LogP contribution in [0.2, 0.25) is 0 Å². The third-order valence-electron chi connectivity index (χ3n) is 3.67. The van der Waals surface area contributed by atoms with Gasteiger partial charge in [0, 0.05) is 6.54 Å². The van der Waals surface area contributed by atoms with Gasteiger partial charge in [0.1, 0.15) is 5.54 Å². The van der Waals surface area contributed by atoms with Crippen molar-refractivity contribution in [2.45, 2.75) is 25.3 Å². The predicted octanol–water partition coefficient (Wildman–Crippen LogP) is 1.32. The number of rotatable bonds is 5. The molecule has 0 aromatic carbocycles. The van der Waals surface area contributed by atoms with Gasteiger partial charge in [-0.25, -0.2) is 0 Å². The molecule has 2 aliphatic rings. The topological polar surface area (TPSA) is 58.2 Å². The quantitative estimate of drug-likeness (QED) is 0.732. The van der Waals surface area contributed by atoms with Crippen molar-refractivity contribution in [3.63, 3.8) is 0 Å². The minimum absolute atomic E-state index is 0.172. The number of allylic oxidation sites excluding steroid dienone is 1. The summed E-state index contributed by atoms with van der Waals surface area (Å²) < 4.78 is 0. The lowest BCUT2D eigenvalue weighted by Gasteiger charge is -2.33. The smallest absolute Gasteiger partial charge is 0.249 e. The summed E-state index contributed by atoms with van der Waals surface area (Å²) in [5, 5.41) is 5.65. The molecule has 1 fully saturated rings. The zero-order valence-electron chi connectivity index (χ0n) is 11.2. The first-order valence-electron chi connectivity index (χ1n) is 6.58. The molecule has 1 saturated carbocycles. The van der Waals surface area contributed by atoms with Crippen LogP contribution in [0, 0.1) is 11.8 Å². The van der Waals surface area contributed by atoms with E-state index in [-0.39, 0.29) is 11.8 Å². The van der Waals surface area contributed by atoms with Gasteiger partial charge in [-0.1, -0.05) is 18.7 Å². The monoisotopic (exact) mass is 260 g/mol. The molecule has 4 nitrogen and oxygen atoms in total. The van der Waals surface area contributed by atoms with Crippen LogP contribution in [-0.2, 0) is 9.59 Å². The number of nitrogens with one attached hydrogen (secondary N) is 2. The van der Waals surface area contributed by atoms with E-state index in [0.717, 1.165) is 5.57 Å². The molecule has 0 bridgehead atoms.